The maximum Gasteiger partial charge on any atom is 0.0841 e. The predicted molar refractivity (Wildman–Crippen MR) is 114 cm³/mol. The summed E-state index contributed by atoms with van der Waals surface area (Å²) in [5, 5.41) is 10.6. The Morgan fingerprint density at radius 1 is 0.615 bits per heavy atom. The van der Waals surface area contributed by atoms with Crippen LogP contribution in [0.2, 0.25) is 0 Å². The van der Waals surface area contributed by atoms with E-state index in [0.29, 0.717) is 12.2 Å². The topological polar surface area (TPSA) is 32.8 Å². The molecule has 3 atom stereocenters. The lowest BCUT2D eigenvalue weighted by atomic mass is 9.91. The summed E-state index contributed by atoms with van der Waals surface area (Å²) in [6.07, 6.45) is 23.9. The van der Waals surface area contributed by atoms with Crippen molar-refractivity contribution in [1.82, 2.24) is 0 Å². The minimum Gasteiger partial charge on any atom is -0.390 e. The summed E-state index contributed by atoms with van der Waals surface area (Å²) in [4.78, 5) is 0. The van der Waals surface area contributed by atoms with Gasteiger partial charge < -0.3 is 9.84 Å². The molecule has 0 spiro atoms. The first-order valence-electron chi connectivity index (χ1n) is 12.0. The van der Waals surface area contributed by atoms with Crippen molar-refractivity contribution < 1.29 is 9.84 Å². The summed E-state index contributed by atoms with van der Waals surface area (Å²) in [6.45, 7) is 6.57. The number of epoxide rings is 1. The third-order valence-electron chi connectivity index (χ3n) is 6.05. The Hall–Kier alpha value is -0.0800. The summed E-state index contributed by atoms with van der Waals surface area (Å²) in [6, 6.07) is 0. The molecule has 0 bridgehead atoms. The molecule has 26 heavy (non-hydrogen) atoms. The lowest BCUT2D eigenvalue weighted by Crippen LogP contribution is -2.23. The number of aliphatic hydroxyl groups is 1. The quantitative estimate of drug-likeness (QED) is 0.188. The Balaban J connectivity index is 1.90. The molecule has 1 heterocycles. The van der Waals surface area contributed by atoms with Crippen LogP contribution in [0, 0.1) is 0 Å². The molecule has 0 aliphatic carbocycles. The maximum atomic E-state index is 10.6. The van der Waals surface area contributed by atoms with Crippen LogP contribution in [0.4, 0.5) is 0 Å². The van der Waals surface area contributed by atoms with Gasteiger partial charge in [0.1, 0.15) is 0 Å². The third kappa shape index (κ3) is 13.1. The van der Waals surface area contributed by atoms with E-state index in [9.17, 15) is 5.11 Å². The molecule has 3 unspecified atom stereocenters. The fourth-order valence-corrected chi connectivity index (χ4v) is 4.08. The number of rotatable bonds is 19. The van der Waals surface area contributed by atoms with Gasteiger partial charge in [-0.2, -0.15) is 0 Å². The molecule has 1 rings (SSSR count). The van der Waals surface area contributed by atoms with Gasteiger partial charge in [0.2, 0.25) is 0 Å². The smallest absolute Gasteiger partial charge is 0.0841 e. The fourth-order valence-electron chi connectivity index (χ4n) is 4.08. The summed E-state index contributed by atoms with van der Waals surface area (Å²) in [7, 11) is 0. The van der Waals surface area contributed by atoms with Gasteiger partial charge in [-0.05, 0) is 39.0 Å². The second-order valence-electron chi connectivity index (χ2n) is 9.03. The first kappa shape index (κ1) is 24.0. The Morgan fingerprint density at radius 3 is 1.62 bits per heavy atom. The average Bonchev–Trinajstić information content (AvgIpc) is 3.35. The molecule has 0 aromatic carbocycles. The van der Waals surface area contributed by atoms with Crippen LogP contribution in [0.5, 0.6) is 0 Å². The number of hydrogen-bond acceptors (Lipinski definition) is 2. The lowest BCUT2D eigenvalue weighted by Gasteiger charge is -2.23. The Bertz CT molecular complexity index is 313. The van der Waals surface area contributed by atoms with Crippen LogP contribution in [0.15, 0.2) is 0 Å². The number of ether oxygens (including phenoxy) is 1. The molecule has 0 aromatic heterocycles. The molecule has 1 aliphatic heterocycles. The Morgan fingerprint density at radius 2 is 1.04 bits per heavy atom. The van der Waals surface area contributed by atoms with Gasteiger partial charge in [-0.25, -0.2) is 0 Å². The van der Waals surface area contributed by atoms with Crippen LogP contribution < -0.4 is 0 Å². The molecule has 1 aliphatic rings. The molecular formula is C24H48O2. The van der Waals surface area contributed by atoms with E-state index in [1.807, 2.05) is 6.92 Å². The molecule has 2 nitrogen and oxygen atoms in total. The molecule has 0 amide bonds. The molecule has 2 heteroatoms. The summed E-state index contributed by atoms with van der Waals surface area (Å²) in [5.74, 6) is 0. The summed E-state index contributed by atoms with van der Waals surface area (Å²) < 4.78 is 5.82. The zero-order chi connectivity index (χ0) is 19.1. The second kappa shape index (κ2) is 14.9. The molecule has 0 radical (unpaired) electrons. The van der Waals surface area contributed by atoms with Crippen LogP contribution in [-0.2, 0) is 4.74 Å². The molecule has 0 aromatic rings. The van der Waals surface area contributed by atoms with Crippen LogP contribution in [0.25, 0.3) is 0 Å². The largest absolute Gasteiger partial charge is 0.390 e. The first-order valence-corrected chi connectivity index (χ1v) is 12.0. The van der Waals surface area contributed by atoms with Crippen molar-refractivity contribution in [3.05, 3.63) is 0 Å². The minimum atomic E-state index is -0.465. The summed E-state index contributed by atoms with van der Waals surface area (Å²) in [5.41, 5.74) is -0.465. The SMILES string of the molecule is CCCCCCCCCC(C)(O)CCCC1OC1CCCCCCCC. The van der Waals surface area contributed by atoms with E-state index in [1.165, 1.54) is 89.9 Å². The van der Waals surface area contributed by atoms with E-state index in [-0.39, 0.29) is 0 Å². The molecule has 1 saturated heterocycles. The molecular weight excluding hydrogens is 320 g/mol. The molecule has 156 valence electrons. The van der Waals surface area contributed by atoms with Crippen molar-refractivity contribution >= 4 is 0 Å². The lowest BCUT2D eigenvalue weighted by molar-refractivity contribution is 0.0363. The first-order chi connectivity index (χ1) is 12.6. The van der Waals surface area contributed by atoms with Crippen molar-refractivity contribution in [2.75, 3.05) is 0 Å². The van der Waals surface area contributed by atoms with Crippen molar-refractivity contribution in [3.63, 3.8) is 0 Å². The van der Waals surface area contributed by atoms with E-state index >= 15 is 0 Å². The van der Waals surface area contributed by atoms with E-state index in [4.69, 9.17) is 4.74 Å². The van der Waals surface area contributed by atoms with Gasteiger partial charge >= 0.3 is 0 Å². The van der Waals surface area contributed by atoms with Crippen molar-refractivity contribution in [1.29, 1.82) is 0 Å². The Kier molecular flexibility index (Phi) is 13.7. The zero-order valence-corrected chi connectivity index (χ0v) is 18.2. The monoisotopic (exact) mass is 368 g/mol. The highest BCUT2D eigenvalue weighted by Gasteiger charge is 2.37. The van der Waals surface area contributed by atoms with Crippen LogP contribution in [0.1, 0.15) is 136 Å². The van der Waals surface area contributed by atoms with Gasteiger partial charge in [-0.1, -0.05) is 97.3 Å². The number of hydrogen-bond donors (Lipinski definition) is 1. The van der Waals surface area contributed by atoms with Crippen molar-refractivity contribution in [2.45, 2.75) is 154 Å². The zero-order valence-electron chi connectivity index (χ0n) is 18.2. The van der Waals surface area contributed by atoms with Gasteiger partial charge in [-0.15, -0.1) is 0 Å². The molecule has 1 N–H and O–H groups in total. The van der Waals surface area contributed by atoms with Gasteiger partial charge in [0.05, 0.1) is 17.8 Å². The minimum absolute atomic E-state index is 0.465. The highest BCUT2D eigenvalue weighted by molar-refractivity contribution is 4.85. The van der Waals surface area contributed by atoms with Crippen LogP contribution in [-0.4, -0.2) is 22.9 Å². The van der Waals surface area contributed by atoms with Crippen LogP contribution in [0.3, 0.4) is 0 Å². The standard InChI is InChI=1S/C24H48O2/c1-4-6-8-10-12-14-16-20-24(3,25)21-17-19-23-22(26-23)18-15-13-11-9-7-5-2/h22-23,25H,4-21H2,1-3H3. The highest BCUT2D eigenvalue weighted by Crippen LogP contribution is 2.33. The van der Waals surface area contributed by atoms with Crippen LogP contribution >= 0.6 is 0 Å². The van der Waals surface area contributed by atoms with Gasteiger partial charge in [-0.3, -0.25) is 0 Å². The van der Waals surface area contributed by atoms with E-state index in [2.05, 4.69) is 13.8 Å². The van der Waals surface area contributed by atoms with Gasteiger partial charge in [0.25, 0.3) is 0 Å². The van der Waals surface area contributed by atoms with Gasteiger partial charge in [0.15, 0.2) is 0 Å². The Labute approximate surface area is 164 Å². The second-order valence-corrected chi connectivity index (χ2v) is 9.03. The van der Waals surface area contributed by atoms with Crippen molar-refractivity contribution in [3.8, 4) is 0 Å². The third-order valence-corrected chi connectivity index (χ3v) is 6.05. The predicted octanol–water partition coefficient (Wildman–Crippen LogP) is 7.57. The maximum absolute atomic E-state index is 10.6. The van der Waals surface area contributed by atoms with E-state index in [1.54, 1.807) is 0 Å². The summed E-state index contributed by atoms with van der Waals surface area (Å²) >= 11 is 0. The normalized spacial score (nSPS) is 21.7. The molecule has 0 saturated carbocycles. The number of unbranched alkanes of at least 4 members (excludes halogenated alkanes) is 11. The van der Waals surface area contributed by atoms with E-state index in [0.717, 1.165) is 25.7 Å². The average molecular weight is 369 g/mol. The highest BCUT2D eigenvalue weighted by atomic mass is 16.6. The fraction of sp³-hybridized carbons (Fsp3) is 1.00. The van der Waals surface area contributed by atoms with Gasteiger partial charge in [0, 0.05) is 0 Å². The van der Waals surface area contributed by atoms with Crippen molar-refractivity contribution in [2.24, 2.45) is 0 Å². The molecule has 1 fully saturated rings. The van der Waals surface area contributed by atoms with E-state index < -0.39 is 5.60 Å².